The zero-order chi connectivity index (χ0) is 24.1. The number of carbonyl (C=O) groups is 1. The van der Waals surface area contributed by atoms with Gasteiger partial charge in [0.05, 0.1) is 23.2 Å². The number of Topliss-reactive ketones (excluding diaryl/α,β-unsaturated/α-hetero) is 1. The first-order valence-corrected chi connectivity index (χ1v) is 12.4. The lowest BCUT2D eigenvalue weighted by molar-refractivity contribution is -0.113. The van der Waals surface area contributed by atoms with Crippen LogP contribution in [0.4, 0.5) is 0 Å². The van der Waals surface area contributed by atoms with Gasteiger partial charge < -0.3 is 9.47 Å². The molecule has 1 fully saturated rings. The zero-order valence-electron chi connectivity index (χ0n) is 19.1. The highest BCUT2D eigenvalue weighted by Gasteiger charge is 2.26. The van der Waals surface area contributed by atoms with Crippen LogP contribution in [0, 0.1) is 0 Å². The SMILES string of the molecule is COc1ccc(C=C2CN(Cc3ccccc3)CC(=Cc3ccc(OC)c(Br)c3)C2=O)cc1Br. The second-order valence-corrected chi connectivity index (χ2v) is 9.80. The van der Waals surface area contributed by atoms with E-state index in [9.17, 15) is 4.79 Å². The first-order valence-electron chi connectivity index (χ1n) is 10.9. The topological polar surface area (TPSA) is 38.8 Å². The summed E-state index contributed by atoms with van der Waals surface area (Å²) >= 11 is 7.08. The number of ketones is 1. The third kappa shape index (κ3) is 5.87. The number of carbonyl (C=O) groups excluding carboxylic acids is 1. The van der Waals surface area contributed by atoms with Gasteiger partial charge in [0, 0.05) is 30.8 Å². The number of methoxy groups -OCH3 is 2. The van der Waals surface area contributed by atoms with E-state index in [2.05, 4.69) is 48.9 Å². The molecule has 0 atom stereocenters. The second kappa shape index (κ2) is 11.2. The van der Waals surface area contributed by atoms with Crippen molar-refractivity contribution in [2.75, 3.05) is 27.3 Å². The number of rotatable bonds is 6. The molecule has 1 heterocycles. The van der Waals surface area contributed by atoms with Gasteiger partial charge in [0.25, 0.3) is 0 Å². The van der Waals surface area contributed by atoms with E-state index in [1.807, 2.05) is 66.7 Å². The molecular weight excluding hydrogens is 558 g/mol. The van der Waals surface area contributed by atoms with Crippen molar-refractivity contribution in [2.24, 2.45) is 0 Å². The number of nitrogens with zero attached hydrogens (tertiary/aromatic N) is 1. The van der Waals surface area contributed by atoms with Crippen molar-refractivity contribution in [2.45, 2.75) is 6.54 Å². The fourth-order valence-electron chi connectivity index (χ4n) is 4.01. The van der Waals surface area contributed by atoms with E-state index < -0.39 is 0 Å². The van der Waals surface area contributed by atoms with Gasteiger partial charge in [-0.25, -0.2) is 0 Å². The van der Waals surface area contributed by atoms with Gasteiger partial charge in [-0.1, -0.05) is 42.5 Å². The van der Waals surface area contributed by atoms with E-state index in [0.717, 1.165) is 49.3 Å². The van der Waals surface area contributed by atoms with Crippen molar-refractivity contribution in [3.05, 3.63) is 104 Å². The molecule has 0 radical (unpaired) electrons. The van der Waals surface area contributed by atoms with Crippen LogP contribution in [0.15, 0.2) is 86.8 Å². The minimum absolute atomic E-state index is 0.0724. The Bertz CT molecular complexity index is 1180. The number of likely N-dealkylation sites (tertiary alicyclic amines) is 1. The highest BCUT2D eigenvalue weighted by Crippen LogP contribution is 2.30. The summed E-state index contributed by atoms with van der Waals surface area (Å²) in [5, 5.41) is 0. The summed E-state index contributed by atoms with van der Waals surface area (Å²) < 4.78 is 12.4. The molecule has 4 rings (SSSR count). The molecule has 0 aliphatic carbocycles. The summed E-state index contributed by atoms with van der Waals surface area (Å²) in [4.78, 5) is 15.8. The Morgan fingerprint density at radius 1 is 0.794 bits per heavy atom. The van der Waals surface area contributed by atoms with E-state index in [4.69, 9.17) is 9.47 Å². The Labute approximate surface area is 217 Å². The van der Waals surface area contributed by atoms with Crippen LogP contribution in [0.2, 0.25) is 0 Å². The zero-order valence-corrected chi connectivity index (χ0v) is 22.2. The first kappa shape index (κ1) is 24.5. The Hall–Kier alpha value is -2.67. The molecular formula is C28H25Br2NO3. The van der Waals surface area contributed by atoms with Gasteiger partial charge in [0.1, 0.15) is 11.5 Å². The standard InChI is InChI=1S/C28H25Br2NO3/c1-33-26-10-8-20(14-24(26)29)12-22-17-31(16-19-6-4-3-5-7-19)18-23(28(22)32)13-21-9-11-27(34-2)25(30)15-21/h3-15H,16-18H2,1-2H3. The minimum Gasteiger partial charge on any atom is -0.496 e. The summed E-state index contributed by atoms with van der Waals surface area (Å²) in [7, 11) is 3.28. The largest absolute Gasteiger partial charge is 0.496 e. The van der Waals surface area contributed by atoms with Crippen molar-refractivity contribution < 1.29 is 14.3 Å². The molecule has 34 heavy (non-hydrogen) atoms. The number of hydrogen-bond acceptors (Lipinski definition) is 4. The predicted octanol–water partition coefficient (Wildman–Crippen LogP) is 6.78. The maximum atomic E-state index is 13.5. The molecule has 3 aromatic carbocycles. The molecule has 1 saturated heterocycles. The van der Waals surface area contributed by atoms with Crippen LogP contribution in [0.1, 0.15) is 16.7 Å². The lowest BCUT2D eigenvalue weighted by Gasteiger charge is -2.30. The Kier molecular flexibility index (Phi) is 8.03. The molecule has 1 aliphatic heterocycles. The van der Waals surface area contributed by atoms with Crippen molar-refractivity contribution in [1.29, 1.82) is 0 Å². The number of piperidine rings is 1. The van der Waals surface area contributed by atoms with Crippen LogP contribution >= 0.6 is 31.9 Å². The van der Waals surface area contributed by atoms with Gasteiger partial charge in [0.2, 0.25) is 0 Å². The van der Waals surface area contributed by atoms with Gasteiger partial charge in [-0.15, -0.1) is 0 Å². The summed E-state index contributed by atoms with van der Waals surface area (Å²) in [6, 6.07) is 22.0. The molecule has 0 unspecified atom stereocenters. The van der Waals surface area contributed by atoms with Crippen molar-refractivity contribution >= 4 is 49.8 Å². The van der Waals surface area contributed by atoms with Crippen LogP contribution in [-0.2, 0) is 11.3 Å². The van der Waals surface area contributed by atoms with Crippen molar-refractivity contribution in [1.82, 2.24) is 4.90 Å². The highest BCUT2D eigenvalue weighted by molar-refractivity contribution is 9.10. The summed E-state index contributed by atoms with van der Waals surface area (Å²) in [5.74, 6) is 1.59. The van der Waals surface area contributed by atoms with E-state index >= 15 is 0 Å². The molecule has 3 aromatic rings. The van der Waals surface area contributed by atoms with Crippen LogP contribution < -0.4 is 9.47 Å². The van der Waals surface area contributed by atoms with E-state index in [-0.39, 0.29) is 5.78 Å². The smallest absolute Gasteiger partial charge is 0.187 e. The normalized spacial score (nSPS) is 16.8. The second-order valence-electron chi connectivity index (χ2n) is 8.09. The number of halogens is 2. The lowest BCUT2D eigenvalue weighted by Crippen LogP contribution is -2.37. The molecule has 0 amide bonds. The average molecular weight is 583 g/mol. The maximum Gasteiger partial charge on any atom is 0.187 e. The number of ether oxygens (including phenoxy) is 2. The van der Waals surface area contributed by atoms with Gasteiger partial charge in [0.15, 0.2) is 5.78 Å². The number of benzene rings is 3. The fraction of sp³-hybridized carbons (Fsp3) is 0.179. The number of hydrogen-bond donors (Lipinski definition) is 0. The molecule has 174 valence electrons. The Morgan fingerprint density at radius 2 is 1.29 bits per heavy atom. The van der Waals surface area contributed by atoms with E-state index in [1.165, 1.54) is 5.56 Å². The molecule has 0 N–H and O–H groups in total. The van der Waals surface area contributed by atoms with Gasteiger partial charge in [-0.3, -0.25) is 9.69 Å². The molecule has 1 aliphatic rings. The summed E-state index contributed by atoms with van der Waals surface area (Å²) in [6.07, 6.45) is 3.95. The van der Waals surface area contributed by atoms with E-state index in [0.29, 0.717) is 13.1 Å². The van der Waals surface area contributed by atoms with Crippen LogP contribution in [0.25, 0.3) is 12.2 Å². The van der Waals surface area contributed by atoms with Crippen LogP contribution in [0.3, 0.4) is 0 Å². The Morgan fingerprint density at radius 3 is 1.74 bits per heavy atom. The predicted molar refractivity (Wildman–Crippen MR) is 144 cm³/mol. The Balaban J connectivity index is 1.69. The fourth-order valence-corrected chi connectivity index (χ4v) is 5.13. The monoisotopic (exact) mass is 581 g/mol. The maximum absolute atomic E-state index is 13.5. The lowest BCUT2D eigenvalue weighted by atomic mass is 9.94. The molecule has 0 bridgehead atoms. The average Bonchev–Trinajstić information content (AvgIpc) is 2.83. The summed E-state index contributed by atoms with van der Waals surface area (Å²) in [5.41, 5.74) is 4.64. The molecule has 4 nitrogen and oxygen atoms in total. The molecule has 0 aromatic heterocycles. The summed E-state index contributed by atoms with van der Waals surface area (Å²) in [6.45, 7) is 1.93. The first-order chi connectivity index (χ1) is 16.5. The van der Waals surface area contributed by atoms with Gasteiger partial charge in [-0.2, -0.15) is 0 Å². The third-order valence-electron chi connectivity index (χ3n) is 5.65. The van der Waals surface area contributed by atoms with Crippen molar-refractivity contribution in [3.8, 4) is 11.5 Å². The van der Waals surface area contributed by atoms with E-state index in [1.54, 1.807) is 14.2 Å². The van der Waals surface area contributed by atoms with Crippen LogP contribution in [-0.4, -0.2) is 38.0 Å². The minimum atomic E-state index is 0.0724. The van der Waals surface area contributed by atoms with Gasteiger partial charge >= 0.3 is 0 Å². The molecule has 0 spiro atoms. The molecule has 6 heteroatoms. The van der Waals surface area contributed by atoms with Gasteiger partial charge in [-0.05, 0) is 85.0 Å². The van der Waals surface area contributed by atoms with Crippen LogP contribution in [0.5, 0.6) is 11.5 Å². The highest BCUT2D eigenvalue weighted by atomic mass is 79.9. The third-order valence-corrected chi connectivity index (χ3v) is 6.89. The van der Waals surface area contributed by atoms with Crippen molar-refractivity contribution in [3.63, 3.8) is 0 Å². The molecule has 0 saturated carbocycles. The quantitative estimate of drug-likeness (QED) is 0.300.